The van der Waals surface area contributed by atoms with E-state index in [-0.39, 0.29) is 0 Å². The van der Waals surface area contributed by atoms with E-state index in [1.807, 2.05) is 0 Å². The van der Waals surface area contributed by atoms with Crippen molar-refractivity contribution in [2.24, 2.45) is 5.73 Å². The summed E-state index contributed by atoms with van der Waals surface area (Å²) in [4.78, 5) is 43.6. The van der Waals surface area contributed by atoms with Crippen LogP contribution in [0.15, 0.2) is 0 Å². The number of hydrogen-bond donors (Lipinski definition) is 5. The van der Waals surface area contributed by atoms with Crippen molar-refractivity contribution in [1.29, 1.82) is 0 Å². The highest BCUT2D eigenvalue weighted by Gasteiger charge is 2.34. The number of carboxylic acids is 3. The van der Waals surface area contributed by atoms with Gasteiger partial charge in [0.2, 0.25) is 0 Å². The van der Waals surface area contributed by atoms with E-state index >= 15 is 0 Å². The molecule has 0 saturated heterocycles. The van der Waals surface area contributed by atoms with Crippen molar-refractivity contribution < 1.29 is 47.2 Å². The molecule has 0 aromatic carbocycles. The maximum atomic E-state index is 11.6. The summed E-state index contributed by atoms with van der Waals surface area (Å²) in [5.74, 6) is -7.22. The number of amides is 1. The number of nitrogens with one attached hydrogen (secondary N) is 1. The van der Waals surface area contributed by atoms with Crippen LogP contribution in [0.3, 0.4) is 0 Å². The van der Waals surface area contributed by atoms with E-state index in [4.69, 9.17) is 21.1 Å². The van der Waals surface area contributed by atoms with Crippen molar-refractivity contribution in [3.05, 3.63) is 0 Å². The van der Waals surface area contributed by atoms with E-state index in [0.717, 1.165) is 0 Å². The third-order valence-corrected chi connectivity index (χ3v) is 3.29. The first-order valence-corrected chi connectivity index (χ1v) is 7.36. The Morgan fingerprint density at radius 3 is 1.91 bits per heavy atom. The normalized spacial score (nSPS) is 12.6. The van der Waals surface area contributed by atoms with E-state index in [0.29, 0.717) is 4.90 Å². The minimum absolute atomic E-state index is 0.401. The zero-order chi connectivity index (χ0) is 18.2. The number of aliphatic carboxylic acids is 3. The average molecular weight is 357 g/mol. The first-order valence-electron chi connectivity index (χ1n) is 5.79. The SMILES string of the molecule is NCC(=O)NOS(=O)(=O)C[C@@H](C(=O)O)N(CC(=O)O)CC(=O)O. The largest absolute Gasteiger partial charge is 0.480 e. The second-order valence-corrected chi connectivity index (χ2v) is 5.70. The molecule has 0 spiro atoms. The predicted molar refractivity (Wildman–Crippen MR) is 70.3 cm³/mol. The quantitative estimate of drug-likeness (QED) is 0.225. The molecule has 0 unspecified atom stereocenters. The van der Waals surface area contributed by atoms with Gasteiger partial charge in [-0.05, 0) is 0 Å². The van der Waals surface area contributed by atoms with Gasteiger partial charge in [-0.1, -0.05) is 0 Å². The molecule has 13 nitrogen and oxygen atoms in total. The molecular weight excluding hydrogens is 342 g/mol. The van der Waals surface area contributed by atoms with Crippen molar-refractivity contribution in [2.75, 3.05) is 25.4 Å². The Labute approximate surface area is 129 Å². The van der Waals surface area contributed by atoms with Gasteiger partial charge in [0, 0.05) is 0 Å². The highest BCUT2D eigenvalue weighted by molar-refractivity contribution is 7.86. The molecule has 0 aliphatic heterocycles. The van der Waals surface area contributed by atoms with Gasteiger partial charge in [0.05, 0.1) is 19.6 Å². The Bertz CT molecular complexity index is 558. The highest BCUT2D eigenvalue weighted by Crippen LogP contribution is 2.06. The molecule has 6 N–H and O–H groups in total. The molecule has 0 heterocycles. The molecule has 132 valence electrons. The van der Waals surface area contributed by atoms with Crippen LogP contribution in [-0.2, 0) is 33.6 Å². The molecule has 0 saturated carbocycles. The van der Waals surface area contributed by atoms with Crippen LogP contribution in [0.4, 0.5) is 0 Å². The van der Waals surface area contributed by atoms with E-state index in [2.05, 4.69) is 4.28 Å². The van der Waals surface area contributed by atoms with E-state index in [1.54, 1.807) is 0 Å². The maximum Gasteiger partial charge on any atom is 0.322 e. The number of hydroxylamine groups is 1. The van der Waals surface area contributed by atoms with Crippen LogP contribution in [0.5, 0.6) is 0 Å². The van der Waals surface area contributed by atoms with Crippen molar-refractivity contribution in [1.82, 2.24) is 10.4 Å². The molecule has 0 rings (SSSR count). The summed E-state index contributed by atoms with van der Waals surface area (Å²) < 4.78 is 27.2. The van der Waals surface area contributed by atoms with Crippen LogP contribution in [0.2, 0.25) is 0 Å². The lowest BCUT2D eigenvalue weighted by Gasteiger charge is -2.25. The van der Waals surface area contributed by atoms with E-state index in [9.17, 15) is 27.6 Å². The van der Waals surface area contributed by atoms with Crippen LogP contribution in [0.1, 0.15) is 0 Å². The minimum Gasteiger partial charge on any atom is -0.480 e. The average Bonchev–Trinajstić information content (AvgIpc) is 2.40. The minimum atomic E-state index is -4.64. The van der Waals surface area contributed by atoms with Gasteiger partial charge in [-0.25, -0.2) is 5.48 Å². The molecule has 14 heteroatoms. The van der Waals surface area contributed by atoms with Gasteiger partial charge < -0.3 is 21.1 Å². The third kappa shape index (κ3) is 8.67. The molecule has 0 aromatic heterocycles. The number of hydrogen-bond acceptors (Lipinski definition) is 9. The van der Waals surface area contributed by atoms with Gasteiger partial charge in [0.15, 0.2) is 0 Å². The lowest BCUT2D eigenvalue weighted by molar-refractivity contribution is -0.148. The molecule has 23 heavy (non-hydrogen) atoms. The van der Waals surface area contributed by atoms with Gasteiger partial charge in [-0.15, -0.1) is 4.28 Å². The highest BCUT2D eigenvalue weighted by atomic mass is 32.2. The first-order chi connectivity index (χ1) is 10.5. The Hall–Kier alpha value is -2.29. The Morgan fingerprint density at radius 1 is 1.09 bits per heavy atom. The Balaban J connectivity index is 5.19. The van der Waals surface area contributed by atoms with Crippen molar-refractivity contribution in [3.8, 4) is 0 Å². The summed E-state index contributed by atoms with van der Waals surface area (Å²) in [6.45, 7) is -2.66. The number of carbonyl (C=O) groups is 4. The second kappa shape index (κ2) is 8.99. The van der Waals surface area contributed by atoms with Crippen LogP contribution in [0.25, 0.3) is 0 Å². The lowest BCUT2D eigenvalue weighted by Crippen LogP contribution is -2.50. The fourth-order valence-electron chi connectivity index (χ4n) is 1.34. The van der Waals surface area contributed by atoms with Gasteiger partial charge in [-0.2, -0.15) is 8.42 Å². The van der Waals surface area contributed by atoms with Crippen LogP contribution in [0, 0.1) is 0 Å². The van der Waals surface area contributed by atoms with Crippen LogP contribution < -0.4 is 11.2 Å². The fraction of sp³-hybridized carbons (Fsp3) is 0.556. The summed E-state index contributed by atoms with van der Waals surface area (Å²) >= 11 is 0. The van der Waals surface area contributed by atoms with Crippen LogP contribution >= 0.6 is 0 Å². The number of carbonyl (C=O) groups excluding carboxylic acids is 1. The van der Waals surface area contributed by atoms with E-state index < -0.39 is 65.4 Å². The summed E-state index contributed by atoms with van der Waals surface area (Å²) in [5, 5.41) is 26.3. The van der Waals surface area contributed by atoms with Crippen molar-refractivity contribution >= 4 is 33.9 Å². The predicted octanol–water partition coefficient (Wildman–Crippen LogP) is -3.75. The van der Waals surface area contributed by atoms with Gasteiger partial charge in [0.1, 0.15) is 11.8 Å². The lowest BCUT2D eigenvalue weighted by atomic mass is 10.2. The molecule has 1 amide bonds. The molecule has 0 fully saturated rings. The van der Waals surface area contributed by atoms with Gasteiger partial charge >= 0.3 is 17.9 Å². The van der Waals surface area contributed by atoms with Crippen molar-refractivity contribution in [2.45, 2.75) is 6.04 Å². The third-order valence-electron chi connectivity index (χ3n) is 2.23. The number of nitrogens with two attached hydrogens (primary N) is 1. The van der Waals surface area contributed by atoms with Crippen LogP contribution in [-0.4, -0.2) is 83.9 Å². The van der Waals surface area contributed by atoms with Gasteiger partial charge in [0.25, 0.3) is 16.0 Å². The monoisotopic (exact) mass is 357 g/mol. The molecule has 0 aliphatic carbocycles. The zero-order valence-corrected chi connectivity index (χ0v) is 12.4. The number of nitrogens with zero attached hydrogens (tertiary/aromatic N) is 1. The number of carboxylic acid groups (broad SMARTS) is 3. The zero-order valence-electron chi connectivity index (χ0n) is 11.5. The van der Waals surface area contributed by atoms with Gasteiger partial charge in [-0.3, -0.25) is 24.1 Å². The summed E-state index contributed by atoms with van der Waals surface area (Å²) in [5.41, 5.74) is 6.33. The molecular formula is C9H15N3O10S. The summed E-state index contributed by atoms with van der Waals surface area (Å²) in [6, 6.07) is -2.03. The van der Waals surface area contributed by atoms with Crippen molar-refractivity contribution in [3.63, 3.8) is 0 Å². The van der Waals surface area contributed by atoms with E-state index in [1.165, 1.54) is 5.48 Å². The standard InChI is InChI=1S/C9H15N3O10S/c10-1-6(13)11-22-23(20,21)4-5(9(18)19)12(2-7(14)15)3-8(16)17/h5H,1-4,10H2,(H,11,13)(H,14,15)(H,16,17)(H,18,19)/t5-/m0/s1. The summed E-state index contributed by atoms with van der Waals surface area (Å²) in [7, 11) is -4.64. The molecule has 0 aliphatic rings. The molecule has 1 atom stereocenters. The Kier molecular flexibility index (Phi) is 8.09. The summed E-state index contributed by atoms with van der Waals surface area (Å²) in [6.07, 6.45) is 0. The molecule has 0 radical (unpaired) electrons. The smallest absolute Gasteiger partial charge is 0.322 e. The Morgan fingerprint density at radius 2 is 1.57 bits per heavy atom. The first kappa shape index (κ1) is 20.7. The molecule has 0 aromatic rings. The maximum absolute atomic E-state index is 11.6. The number of rotatable bonds is 11. The molecule has 0 bridgehead atoms. The topological polar surface area (TPSA) is 214 Å². The fourth-order valence-corrected chi connectivity index (χ4v) is 2.36. The second-order valence-electron chi connectivity index (χ2n) is 4.08.